The van der Waals surface area contributed by atoms with Crippen molar-refractivity contribution in [3.8, 4) is 5.88 Å². The highest BCUT2D eigenvalue weighted by Crippen LogP contribution is 2.13. The lowest BCUT2D eigenvalue weighted by Gasteiger charge is -2.08. The molecular formula is C12H14FN5O. The van der Waals surface area contributed by atoms with Crippen molar-refractivity contribution in [3.05, 3.63) is 35.9 Å². The van der Waals surface area contributed by atoms with Gasteiger partial charge in [0.25, 0.3) is 0 Å². The van der Waals surface area contributed by atoms with Crippen LogP contribution >= 0.6 is 0 Å². The van der Waals surface area contributed by atoms with E-state index in [9.17, 15) is 4.39 Å². The SMILES string of the molecule is CNc1ncc(F)c(NCc2ccc(OC)nc2)n1. The zero-order valence-corrected chi connectivity index (χ0v) is 10.6. The molecule has 100 valence electrons. The molecule has 0 saturated heterocycles. The zero-order valence-electron chi connectivity index (χ0n) is 10.6. The van der Waals surface area contributed by atoms with Gasteiger partial charge in [-0.25, -0.2) is 14.4 Å². The summed E-state index contributed by atoms with van der Waals surface area (Å²) in [5.41, 5.74) is 0.893. The number of anilines is 2. The van der Waals surface area contributed by atoms with Gasteiger partial charge in [-0.2, -0.15) is 4.98 Å². The highest BCUT2D eigenvalue weighted by atomic mass is 19.1. The first-order valence-corrected chi connectivity index (χ1v) is 5.66. The Bertz CT molecular complexity index is 546. The van der Waals surface area contributed by atoms with Crippen LogP contribution in [0.5, 0.6) is 5.88 Å². The predicted octanol–water partition coefficient (Wildman–Crippen LogP) is 1.67. The normalized spacial score (nSPS) is 10.1. The highest BCUT2D eigenvalue weighted by molar-refractivity contribution is 5.41. The maximum absolute atomic E-state index is 13.5. The van der Waals surface area contributed by atoms with Crippen molar-refractivity contribution in [2.45, 2.75) is 6.54 Å². The summed E-state index contributed by atoms with van der Waals surface area (Å²) >= 11 is 0. The van der Waals surface area contributed by atoms with Crippen LogP contribution in [0.4, 0.5) is 16.2 Å². The summed E-state index contributed by atoms with van der Waals surface area (Å²) in [6.07, 6.45) is 2.78. The van der Waals surface area contributed by atoms with Gasteiger partial charge in [0.05, 0.1) is 13.3 Å². The number of pyridine rings is 1. The van der Waals surface area contributed by atoms with Gasteiger partial charge in [0.15, 0.2) is 11.6 Å². The molecule has 2 aromatic rings. The Kier molecular flexibility index (Phi) is 4.07. The van der Waals surface area contributed by atoms with Gasteiger partial charge in [0.1, 0.15) is 0 Å². The van der Waals surface area contributed by atoms with Crippen LogP contribution in [-0.4, -0.2) is 29.1 Å². The molecule has 0 fully saturated rings. The monoisotopic (exact) mass is 263 g/mol. The van der Waals surface area contributed by atoms with E-state index in [-0.39, 0.29) is 5.82 Å². The van der Waals surface area contributed by atoms with E-state index >= 15 is 0 Å². The molecule has 2 aromatic heterocycles. The zero-order chi connectivity index (χ0) is 13.7. The Morgan fingerprint density at radius 2 is 2.11 bits per heavy atom. The first-order valence-electron chi connectivity index (χ1n) is 5.66. The third-order valence-electron chi connectivity index (χ3n) is 2.43. The van der Waals surface area contributed by atoms with Crippen LogP contribution in [0.25, 0.3) is 0 Å². The lowest BCUT2D eigenvalue weighted by Crippen LogP contribution is -2.07. The van der Waals surface area contributed by atoms with Crippen molar-refractivity contribution in [1.82, 2.24) is 15.0 Å². The van der Waals surface area contributed by atoms with Crippen LogP contribution < -0.4 is 15.4 Å². The van der Waals surface area contributed by atoms with E-state index in [0.717, 1.165) is 11.8 Å². The first-order chi connectivity index (χ1) is 9.22. The average molecular weight is 263 g/mol. The number of halogens is 1. The number of nitrogens with one attached hydrogen (secondary N) is 2. The molecule has 7 heteroatoms. The van der Waals surface area contributed by atoms with Gasteiger partial charge >= 0.3 is 0 Å². The van der Waals surface area contributed by atoms with Gasteiger partial charge < -0.3 is 15.4 Å². The highest BCUT2D eigenvalue weighted by Gasteiger charge is 2.06. The second-order valence-corrected chi connectivity index (χ2v) is 3.70. The summed E-state index contributed by atoms with van der Waals surface area (Å²) < 4.78 is 18.4. The van der Waals surface area contributed by atoms with Crippen molar-refractivity contribution >= 4 is 11.8 Å². The number of hydrogen-bond donors (Lipinski definition) is 2. The van der Waals surface area contributed by atoms with Crippen molar-refractivity contribution in [3.63, 3.8) is 0 Å². The number of aromatic nitrogens is 3. The Balaban J connectivity index is 2.05. The van der Waals surface area contributed by atoms with E-state index in [2.05, 4.69) is 25.6 Å². The number of hydrogen-bond acceptors (Lipinski definition) is 6. The van der Waals surface area contributed by atoms with Crippen molar-refractivity contribution in [1.29, 1.82) is 0 Å². The van der Waals surface area contributed by atoms with E-state index in [1.807, 2.05) is 6.07 Å². The Labute approximate surface area is 110 Å². The smallest absolute Gasteiger partial charge is 0.224 e. The fraction of sp³-hybridized carbons (Fsp3) is 0.250. The second kappa shape index (κ2) is 5.94. The summed E-state index contributed by atoms with van der Waals surface area (Å²) in [7, 11) is 3.22. The van der Waals surface area contributed by atoms with E-state index < -0.39 is 5.82 Å². The molecule has 0 atom stereocenters. The summed E-state index contributed by atoms with van der Waals surface area (Å²) in [5.74, 6) is 0.543. The molecule has 2 rings (SSSR count). The molecule has 19 heavy (non-hydrogen) atoms. The van der Waals surface area contributed by atoms with Crippen LogP contribution in [-0.2, 0) is 6.54 Å². The van der Waals surface area contributed by atoms with Gasteiger partial charge in [-0.15, -0.1) is 0 Å². The maximum atomic E-state index is 13.5. The number of methoxy groups -OCH3 is 1. The number of rotatable bonds is 5. The maximum Gasteiger partial charge on any atom is 0.224 e. The average Bonchev–Trinajstić information content (AvgIpc) is 2.47. The molecular weight excluding hydrogens is 249 g/mol. The Morgan fingerprint density at radius 3 is 2.74 bits per heavy atom. The molecule has 0 spiro atoms. The summed E-state index contributed by atoms with van der Waals surface area (Å²) in [4.78, 5) is 11.8. The Hall–Kier alpha value is -2.44. The lowest BCUT2D eigenvalue weighted by atomic mass is 10.3. The van der Waals surface area contributed by atoms with Crippen LogP contribution in [0.3, 0.4) is 0 Å². The lowest BCUT2D eigenvalue weighted by molar-refractivity contribution is 0.397. The molecule has 0 aliphatic rings. The predicted molar refractivity (Wildman–Crippen MR) is 69.7 cm³/mol. The van der Waals surface area contributed by atoms with Crippen LogP contribution in [0.2, 0.25) is 0 Å². The first kappa shape index (κ1) is 13.0. The van der Waals surface area contributed by atoms with E-state index in [1.54, 1.807) is 26.4 Å². The summed E-state index contributed by atoms with van der Waals surface area (Å²) in [5, 5.41) is 5.64. The molecule has 2 N–H and O–H groups in total. The fourth-order valence-corrected chi connectivity index (χ4v) is 1.43. The van der Waals surface area contributed by atoms with Gasteiger partial charge in [-0.1, -0.05) is 6.07 Å². The van der Waals surface area contributed by atoms with E-state index in [4.69, 9.17) is 4.74 Å². The third kappa shape index (κ3) is 3.27. The molecule has 0 radical (unpaired) electrons. The van der Waals surface area contributed by atoms with Crippen molar-refractivity contribution in [2.24, 2.45) is 0 Å². The molecule has 0 aliphatic heterocycles. The molecule has 0 bridgehead atoms. The van der Waals surface area contributed by atoms with Gasteiger partial charge in [0, 0.05) is 25.9 Å². The fourth-order valence-electron chi connectivity index (χ4n) is 1.43. The molecule has 2 heterocycles. The van der Waals surface area contributed by atoms with Gasteiger partial charge in [-0.05, 0) is 5.56 Å². The van der Waals surface area contributed by atoms with Crippen LogP contribution in [0.15, 0.2) is 24.5 Å². The standard InChI is InChI=1S/C12H14FN5O/c1-14-12-17-7-9(13)11(18-12)16-6-8-3-4-10(19-2)15-5-8/h3-5,7H,6H2,1-2H3,(H2,14,16,17,18). The van der Waals surface area contributed by atoms with Crippen molar-refractivity contribution < 1.29 is 9.13 Å². The summed E-state index contributed by atoms with van der Waals surface area (Å²) in [6.45, 7) is 0.411. The quantitative estimate of drug-likeness (QED) is 0.855. The van der Waals surface area contributed by atoms with Crippen LogP contribution in [0.1, 0.15) is 5.56 Å². The van der Waals surface area contributed by atoms with Crippen molar-refractivity contribution in [2.75, 3.05) is 24.8 Å². The number of ether oxygens (including phenoxy) is 1. The Morgan fingerprint density at radius 1 is 1.26 bits per heavy atom. The van der Waals surface area contributed by atoms with Gasteiger partial charge in [0.2, 0.25) is 11.8 Å². The molecule has 0 aliphatic carbocycles. The third-order valence-corrected chi connectivity index (χ3v) is 2.43. The minimum absolute atomic E-state index is 0.148. The minimum atomic E-state index is -0.500. The van der Waals surface area contributed by atoms with E-state index in [0.29, 0.717) is 18.4 Å². The van der Waals surface area contributed by atoms with E-state index in [1.165, 1.54) is 0 Å². The molecule has 0 amide bonds. The largest absolute Gasteiger partial charge is 0.481 e. The van der Waals surface area contributed by atoms with Gasteiger partial charge in [-0.3, -0.25) is 0 Å². The minimum Gasteiger partial charge on any atom is -0.481 e. The molecule has 0 aromatic carbocycles. The summed E-state index contributed by atoms with van der Waals surface area (Å²) in [6, 6.07) is 3.59. The molecule has 0 saturated carbocycles. The molecule has 0 unspecified atom stereocenters. The topological polar surface area (TPSA) is 72.0 Å². The molecule has 6 nitrogen and oxygen atoms in total. The second-order valence-electron chi connectivity index (χ2n) is 3.70. The number of nitrogens with zero attached hydrogens (tertiary/aromatic N) is 3. The van der Waals surface area contributed by atoms with Crippen LogP contribution in [0, 0.1) is 5.82 Å².